The number of benzene rings is 1. The van der Waals surface area contributed by atoms with Crippen LogP contribution in [-0.4, -0.2) is 47.3 Å². The summed E-state index contributed by atoms with van der Waals surface area (Å²) in [4.78, 5) is 5.09. The third kappa shape index (κ3) is 1.93. The summed E-state index contributed by atoms with van der Waals surface area (Å²) in [6.07, 6.45) is 5.88. The molecule has 2 fully saturated rings. The number of nitrogens with zero attached hydrogens (tertiary/aromatic N) is 3. The Bertz CT molecular complexity index is 620. The number of aromatic amines is 1. The molecule has 1 atom stereocenters. The molecule has 0 spiro atoms. The zero-order valence-electron chi connectivity index (χ0n) is 11.7. The Morgan fingerprint density at radius 3 is 3.10 bits per heavy atom. The van der Waals surface area contributed by atoms with E-state index in [1.807, 2.05) is 12.3 Å². The molecule has 2 aromatic rings. The molecule has 5 heteroatoms. The van der Waals surface area contributed by atoms with Gasteiger partial charge in [-0.05, 0) is 31.5 Å². The van der Waals surface area contributed by atoms with Gasteiger partial charge in [-0.1, -0.05) is 6.42 Å². The van der Waals surface area contributed by atoms with E-state index in [1.54, 1.807) is 0 Å². The van der Waals surface area contributed by atoms with Crippen molar-refractivity contribution in [3.8, 4) is 0 Å². The van der Waals surface area contributed by atoms with E-state index >= 15 is 0 Å². The lowest BCUT2D eigenvalue weighted by Crippen LogP contribution is -2.55. The maximum atomic E-state index is 6.25. The van der Waals surface area contributed by atoms with Crippen LogP contribution in [0.1, 0.15) is 19.3 Å². The maximum Gasteiger partial charge on any atom is 0.0672 e. The molecule has 2 aliphatic heterocycles. The number of hydrogen-bond acceptors (Lipinski definition) is 4. The monoisotopic (exact) mass is 271 g/mol. The standard InChI is InChI=1S/C15H21N5/c16-13-7-11-9-17-18-14(11)8-15(13)20-6-5-19-4-2-1-3-12(19)10-20/h7-9,12H,1-6,10,16H2,(H,17,18). The molecule has 3 N–H and O–H groups in total. The van der Waals surface area contributed by atoms with Crippen LogP contribution in [0.3, 0.4) is 0 Å². The Morgan fingerprint density at radius 1 is 1.20 bits per heavy atom. The molecule has 1 aromatic carbocycles. The van der Waals surface area contributed by atoms with Gasteiger partial charge in [0.15, 0.2) is 0 Å². The number of fused-ring (bicyclic) bond motifs is 2. The normalized spacial score (nSPS) is 24.0. The van der Waals surface area contributed by atoms with Crippen molar-refractivity contribution in [1.82, 2.24) is 15.1 Å². The molecule has 0 bridgehead atoms. The first-order valence-electron chi connectivity index (χ1n) is 7.53. The highest BCUT2D eigenvalue weighted by Gasteiger charge is 2.29. The topological polar surface area (TPSA) is 61.2 Å². The molecule has 3 heterocycles. The van der Waals surface area contributed by atoms with Gasteiger partial charge >= 0.3 is 0 Å². The zero-order chi connectivity index (χ0) is 13.5. The van der Waals surface area contributed by atoms with E-state index < -0.39 is 0 Å². The van der Waals surface area contributed by atoms with Gasteiger partial charge in [-0.25, -0.2) is 0 Å². The van der Waals surface area contributed by atoms with Crippen LogP contribution >= 0.6 is 0 Å². The largest absolute Gasteiger partial charge is 0.397 e. The number of hydrogen-bond donors (Lipinski definition) is 2. The minimum absolute atomic E-state index is 0.703. The quantitative estimate of drug-likeness (QED) is 0.777. The Hall–Kier alpha value is -1.75. The van der Waals surface area contributed by atoms with Crippen molar-refractivity contribution in [3.05, 3.63) is 18.3 Å². The number of nitrogen functional groups attached to an aromatic ring is 1. The summed E-state index contributed by atoms with van der Waals surface area (Å²) in [7, 11) is 0. The van der Waals surface area contributed by atoms with Gasteiger partial charge in [0.05, 0.1) is 23.1 Å². The molecule has 0 amide bonds. The van der Waals surface area contributed by atoms with E-state index in [2.05, 4.69) is 26.1 Å². The molecular formula is C15H21N5. The predicted molar refractivity (Wildman–Crippen MR) is 81.9 cm³/mol. The van der Waals surface area contributed by atoms with Gasteiger partial charge in [-0.15, -0.1) is 0 Å². The van der Waals surface area contributed by atoms with E-state index in [4.69, 9.17) is 5.73 Å². The van der Waals surface area contributed by atoms with Crippen LogP contribution in [0, 0.1) is 0 Å². The van der Waals surface area contributed by atoms with Gasteiger partial charge in [0.2, 0.25) is 0 Å². The smallest absolute Gasteiger partial charge is 0.0672 e. The molecule has 1 aromatic heterocycles. The summed E-state index contributed by atoms with van der Waals surface area (Å²) in [5.41, 5.74) is 9.34. The van der Waals surface area contributed by atoms with E-state index in [1.165, 1.54) is 25.8 Å². The van der Waals surface area contributed by atoms with Gasteiger partial charge in [-0.3, -0.25) is 10.00 Å². The number of anilines is 2. The highest BCUT2D eigenvalue weighted by atomic mass is 15.3. The van der Waals surface area contributed by atoms with Crippen LogP contribution in [-0.2, 0) is 0 Å². The number of H-pyrrole nitrogens is 1. The van der Waals surface area contributed by atoms with Crippen molar-refractivity contribution >= 4 is 22.3 Å². The number of aromatic nitrogens is 2. The molecule has 5 nitrogen and oxygen atoms in total. The van der Waals surface area contributed by atoms with Crippen LogP contribution in [0.2, 0.25) is 0 Å². The molecule has 106 valence electrons. The summed E-state index contributed by atoms with van der Waals surface area (Å²) in [6.45, 7) is 4.60. The van der Waals surface area contributed by atoms with Crippen LogP contribution in [0.5, 0.6) is 0 Å². The summed E-state index contributed by atoms with van der Waals surface area (Å²) >= 11 is 0. The molecule has 0 aliphatic carbocycles. The van der Waals surface area contributed by atoms with Crippen molar-refractivity contribution in [2.24, 2.45) is 0 Å². The lowest BCUT2D eigenvalue weighted by atomic mass is 9.99. The minimum Gasteiger partial charge on any atom is -0.397 e. The Balaban J connectivity index is 1.63. The van der Waals surface area contributed by atoms with E-state index in [0.29, 0.717) is 6.04 Å². The lowest BCUT2D eigenvalue weighted by Gasteiger charge is -2.45. The second kappa shape index (κ2) is 4.66. The number of nitrogens with two attached hydrogens (primary N) is 1. The fourth-order valence-electron chi connectivity index (χ4n) is 3.65. The van der Waals surface area contributed by atoms with Gasteiger partial charge < -0.3 is 10.6 Å². The lowest BCUT2D eigenvalue weighted by molar-refractivity contribution is 0.133. The van der Waals surface area contributed by atoms with Crippen LogP contribution in [0.15, 0.2) is 18.3 Å². The van der Waals surface area contributed by atoms with E-state index in [9.17, 15) is 0 Å². The molecule has 4 rings (SSSR count). The molecule has 0 radical (unpaired) electrons. The van der Waals surface area contributed by atoms with Crippen molar-refractivity contribution in [3.63, 3.8) is 0 Å². The number of piperidine rings is 1. The SMILES string of the molecule is Nc1cc2cn[nH]c2cc1N1CCN2CCCCC2C1. The molecule has 20 heavy (non-hydrogen) atoms. The molecule has 0 saturated carbocycles. The van der Waals surface area contributed by atoms with Crippen molar-refractivity contribution in [1.29, 1.82) is 0 Å². The van der Waals surface area contributed by atoms with Crippen molar-refractivity contribution in [2.45, 2.75) is 25.3 Å². The number of nitrogens with one attached hydrogen (secondary N) is 1. The summed E-state index contributed by atoms with van der Waals surface area (Å²) < 4.78 is 0. The number of rotatable bonds is 1. The summed E-state index contributed by atoms with van der Waals surface area (Å²) in [5.74, 6) is 0. The predicted octanol–water partition coefficient (Wildman–Crippen LogP) is 1.82. The van der Waals surface area contributed by atoms with Gasteiger partial charge in [-0.2, -0.15) is 5.10 Å². The molecular weight excluding hydrogens is 250 g/mol. The zero-order valence-corrected chi connectivity index (χ0v) is 11.7. The molecule has 2 saturated heterocycles. The average molecular weight is 271 g/mol. The first-order chi connectivity index (χ1) is 9.81. The third-order valence-corrected chi connectivity index (χ3v) is 4.77. The molecule has 2 aliphatic rings. The minimum atomic E-state index is 0.703. The highest BCUT2D eigenvalue weighted by molar-refractivity contribution is 5.88. The molecule has 1 unspecified atom stereocenters. The van der Waals surface area contributed by atoms with Crippen LogP contribution in [0.4, 0.5) is 11.4 Å². The van der Waals surface area contributed by atoms with Gasteiger partial charge in [0.1, 0.15) is 0 Å². The van der Waals surface area contributed by atoms with Gasteiger partial charge in [0, 0.05) is 31.1 Å². The summed E-state index contributed by atoms with van der Waals surface area (Å²) in [6, 6.07) is 4.88. The highest BCUT2D eigenvalue weighted by Crippen LogP contribution is 2.31. The second-order valence-corrected chi connectivity index (χ2v) is 6.00. The first-order valence-corrected chi connectivity index (χ1v) is 7.53. The van der Waals surface area contributed by atoms with Crippen molar-refractivity contribution in [2.75, 3.05) is 36.8 Å². The summed E-state index contributed by atoms with van der Waals surface area (Å²) in [5, 5.41) is 8.21. The fourth-order valence-corrected chi connectivity index (χ4v) is 3.65. The van der Waals surface area contributed by atoms with E-state index in [-0.39, 0.29) is 0 Å². The van der Waals surface area contributed by atoms with Crippen LogP contribution in [0.25, 0.3) is 10.9 Å². The van der Waals surface area contributed by atoms with Crippen LogP contribution < -0.4 is 10.6 Å². The maximum absolute atomic E-state index is 6.25. The fraction of sp³-hybridized carbons (Fsp3) is 0.533. The number of piperazine rings is 1. The van der Waals surface area contributed by atoms with Gasteiger partial charge in [0.25, 0.3) is 0 Å². The Kier molecular flexibility index (Phi) is 2.80. The first kappa shape index (κ1) is 12.0. The second-order valence-electron chi connectivity index (χ2n) is 6.00. The Morgan fingerprint density at radius 2 is 2.15 bits per heavy atom. The average Bonchev–Trinajstić information content (AvgIpc) is 2.93. The van der Waals surface area contributed by atoms with Crippen molar-refractivity contribution < 1.29 is 0 Å². The third-order valence-electron chi connectivity index (χ3n) is 4.77. The Labute approximate surface area is 118 Å². The van der Waals surface area contributed by atoms with E-state index in [0.717, 1.165) is 41.9 Å².